The number of nitrogens with zero attached hydrogens (tertiary/aromatic N) is 4. The molecule has 3 rings (SSSR count). The number of amides is 1. The van der Waals surface area contributed by atoms with E-state index in [0.717, 1.165) is 23.9 Å². The van der Waals surface area contributed by atoms with Crippen LogP contribution in [0, 0.1) is 17.5 Å². The molecular weight excluding hydrogens is 403 g/mol. The minimum absolute atomic E-state index is 0.0171. The number of halogens is 3. The van der Waals surface area contributed by atoms with Crippen molar-refractivity contribution in [1.82, 2.24) is 19.8 Å². The Balaban J connectivity index is 1.65. The lowest BCUT2D eigenvalue weighted by molar-refractivity contribution is -0.128. The standard InChI is InChI=1S/C19H18F3N5OS/c1-11(13-5-8-15(21)16(22)9-13)26(2)17(28)10-29-19-25-24-18(27(19)23)12-3-6-14(20)7-4-12/h3-9,11H,10,23H2,1-2H3. The highest BCUT2D eigenvalue weighted by atomic mass is 32.2. The van der Waals surface area contributed by atoms with Crippen LogP contribution >= 0.6 is 11.8 Å². The van der Waals surface area contributed by atoms with Gasteiger partial charge in [0.25, 0.3) is 0 Å². The molecule has 29 heavy (non-hydrogen) atoms. The van der Waals surface area contributed by atoms with Crippen LogP contribution in [0.2, 0.25) is 0 Å². The Bertz CT molecular complexity index is 1030. The van der Waals surface area contributed by atoms with Crippen LogP contribution in [0.1, 0.15) is 18.5 Å². The van der Waals surface area contributed by atoms with E-state index in [4.69, 9.17) is 5.84 Å². The number of carbonyl (C=O) groups is 1. The molecule has 1 atom stereocenters. The molecular formula is C19H18F3N5OS. The van der Waals surface area contributed by atoms with Crippen molar-refractivity contribution in [1.29, 1.82) is 0 Å². The van der Waals surface area contributed by atoms with E-state index in [1.165, 1.54) is 39.9 Å². The molecule has 152 valence electrons. The lowest BCUT2D eigenvalue weighted by Crippen LogP contribution is -2.31. The van der Waals surface area contributed by atoms with Crippen LogP contribution in [0.25, 0.3) is 11.4 Å². The van der Waals surface area contributed by atoms with Gasteiger partial charge in [0.1, 0.15) is 5.82 Å². The highest BCUT2D eigenvalue weighted by Gasteiger charge is 2.20. The Morgan fingerprint density at radius 1 is 1.14 bits per heavy atom. The van der Waals surface area contributed by atoms with Crippen LogP contribution in [-0.2, 0) is 4.79 Å². The van der Waals surface area contributed by atoms with Crippen molar-refractivity contribution >= 4 is 17.7 Å². The highest BCUT2D eigenvalue weighted by molar-refractivity contribution is 7.99. The summed E-state index contributed by atoms with van der Waals surface area (Å²) >= 11 is 1.09. The molecule has 0 aliphatic rings. The number of nitrogens with two attached hydrogens (primary N) is 1. The van der Waals surface area contributed by atoms with Gasteiger partial charge in [0.2, 0.25) is 11.1 Å². The van der Waals surface area contributed by atoms with Crippen LogP contribution in [0.4, 0.5) is 13.2 Å². The van der Waals surface area contributed by atoms with E-state index in [9.17, 15) is 18.0 Å². The van der Waals surface area contributed by atoms with Crippen molar-refractivity contribution in [3.63, 3.8) is 0 Å². The maximum atomic E-state index is 13.4. The summed E-state index contributed by atoms with van der Waals surface area (Å²) < 4.78 is 40.8. The number of thioether (sulfide) groups is 1. The third-order valence-electron chi connectivity index (χ3n) is 4.49. The number of benzene rings is 2. The van der Waals surface area contributed by atoms with Crippen LogP contribution in [0.5, 0.6) is 0 Å². The summed E-state index contributed by atoms with van der Waals surface area (Å²) in [6.07, 6.45) is 0. The summed E-state index contributed by atoms with van der Waals surface area (Å²) in [5.41, 5.74) is 1.06. The largest absolute Gasteiger partial charge is 0.338 e. The second-order valence-corrected chi connectivity index (χ2v) is 7.27. The van der Waals surface area contributed by atoms with E-state index < -0.39 is 17.7 Å². The minimum Gasteiger partial charge on any atom is -0.338 e. The summed E-state index contributed by atoms with van der Waals surface area (Å²) in [6, 6.07) is 8.71. The molecule has 0 radical (unpaired) electrons. The lowest BCUT2D eigenvalue weighted by atomic mass is 10.1. The maximum absolute atomic E-state index is 13.4. The van der Waals surface area contributed by atoms with Crippen molar-refractivity contribution in [2.45, 2.75) is 18.1 Å². The molecule has 1 amide bonds. The topological polar surface area (TPSA) is 77.0 Å². The second kappa shape index (κ2) is 8.56. The SMILES string of the molecule is CC(c1ccc(F)c(F)c1)N(C)C(=O)CSc1nnc(-c2ccc(F)cc2)n1N. The normalized spacial score (nSPS) is 12.0. The van der Waals surface area contributed by atoms with Crippen molar-refractivity contribution in [2.24, 2.45) is 0 Å². The first-order valence-electron chi connectivity index (χ1n) is 8.57. The van der Waals surface area contributed by atoms with E-state index in [0.29, 0.717) is 22.1 Å². The quantitative estimate of drug-likeness (QED) is 0.488. The van der Waals surface area contributed by atoms with Gasteiger partial charge in [-0.3, -0.25) is 4.79 Å². The molecule has 0 saturated heterocycles. The Labute approximate surface area is 169 Å². The van der Waals surface area contributed by atoms with Crippen molar-refractivity contribution < 1.29 is 18.0 Å². The average Bonchev–Trinajstić information content (AvgIpc) is 3.08. The van der Waals surface area contributed by atoms with Gasteiger partial charge in [-0.25, -0.2) is 17.8 Å². The van der Waals surface area contributed by atoms with Crippen molar-refractivity contribution in [3.8, 4) is 11.4 Å². The number of hydrogen-bond donors (Lipinski definition) is 1. The molecule has 1 aromatic heterocycles. The monoisotopic (exact) mass is 421 g/mol. The second-order valence-electron chi connectivity index (χ2n) is 6.33. The molecule has 0 aliphatic heterocycles. The van der Waals surface area contributed by atoms with E-state index in [2.05, 4.69) is 10.2 Å². The average molecular weight is 421 g/mol. The van der Waals surface area contributed by atoms with Gasteiger partial charge in [0, 0.05) is 12.6 Å². The van der Waals surface area contributed by atoms with Crippen molar-refractivity contribution in [2.75, 3.05) is 18.6 Å². The Hall–Kier alpha value is -3.01. The molecule has 0 spiro atoms. The molecule has 1 heterocycles. The van der Waals surface area contributed by atoms with Gasteiger partial charge in [-0.1, -0.05) is 17.8 Å². The fourth-order valence-electron chi connectivity index (χ4n) is 2.61. The summed E-state index contributed by atoms with van der Waals surface area (Å²) in [4.78, 5) is 13.9. The van der Waals surface area contributed by atoms with E-state index in [-0.39, 0.29) is 17.5 Å². The molecule has 2 N–H and O–H groups in total. The first-order chi connectivity index (χ1) is 13.8. The Morgan fingerprint density at radius 3 is 2.48 bits per heavy atom. The van der Waals surface area contributed by atoms with Gasteiger partial charge in [0.15, 0.2) is 17.5 Å². The Kier molecular flexibility index (Phi) is 6.12. The predicted octanol–water partition coefficient (Wildman–Crippen LogP) is 3.39. The molecule has 1 unspecified atom stereocenters. The zero-order valence-corrected chi connectivity index (χ0v) is 16.5. The zero-order chi connectivity index (χ0) is 21.1. The van der Waals surface area contributed by atoms with Gasteiger partial charge < -0.3 is 10.7 Å². The number of rotatable bonds is 6. The first kappa shape index (κ1) is 20.7. The number of aromatic nitrogens is 3. The van der Waals surface area contributed by atoms with Gasteiger partial charge >= 0.3 is 0 Å². The molecule has 10 heteroatoms. The van der Waals surface area contributed by atoms with Gasteiger partial charge in [-0.2, -0.15) is 0 Å². The predicted molar refractivity (Wildman–Crippen MR) is 104 cm³/mol. The third-order valence-corrected chi connectivity index (χ3v) is 5.42. The third kappa shape index (κ3) is 4.53. The minimum atomic E-state index is -0.964. The molecule has 6 nitrogen and oxygen atoms in total. The smallest absolute Gasteiger partial charge is 0.233 e. The molecule has 0 saturated carbocycles. The van der Waals surface area contributed by atoms with Crippen LogP contribution < -0.4 is 5.84 Å². The van der Waals surface area contributed by atoms with Crippen LogP contribution in [-0.4, -0.2) is 38.5 Å². The highest BCUT2D eigenvalue weighted by Crippen LogP contribution is 2.24. The molecule has 0 bridgehead atoms. The van der Waals surface area contributed by atoms with E-state index in [1.54, 1.807) is 14.0 Å². The molecule has 2 aromatic carbocycles. The van der Waals surface area contributed by atoms with Gasteiger partial charge in [0.05, 0.1) is 11.8 Å². The lowest BCUT2D eigenvalue weighted by Gasteiger charge is -2.25. The zero-order valence-electron chi connectivity index (χ0n) is 15.6. The molecule has 3 aromatic rings. The van der Waals surface area contributed by atoms with Gasteiger partial charge in [-0.15, -0.1) is 10.2 Å². The number of carbonyl (C=O) groups excluding carboxylic acids is 1. The van der Waals surface area contributed by atoms with E-state index >= 15 is 0 Å². The summed E-state index contributed by atoms with van der Waals surface area (Å²) in [5, 5.41) is 8.26. The summed E-state index contributed by atoms with van der Waals surface area (Å²) in [5.74, 6) is 3.81. The van der Waals surface area contributed by atoms with Gasteiger partial charge in [-0.05, 0) is 48.9 Å². The fourth-order valence-corrected chi connectivity index (χ4v) is 3.39. The summed E-state index contributed by atoms with van der Waals surface area (Å²) in [6.45, 7) is 1.72. The van der Waals surface area contributed by atoms with Crippen LogP contribution in [0.3, 0.4) is 0 Å². The number of nitrogen functional groups attached to an aromatic ring is 1. The van der Waals surface area contributed by atoms with Crippen LogP contribution in [0.15, 0.2) is 47.6 Å². The molecule has 0 fully saturated rings. The fraction of sp³-hybridized carbons (Fsp3) is 0.211. The van der Waals surface area contributed by atoms with Crippen molar-refractivity contribution in [3.05, 3.63) is 65.5 Å². The molecule has 0 aliphatic carbocycles. The summed E-state index contributed by atoms with van der Waals surface area (Å²) in [7, 11) is 1.58. The van der Waals surface area contributed by atoms with E-state index in [1.807, 2.05) is 0 Å². The first-order valence-corrected chi connectivity index (χ1v) is 9.56. The Morgan fingerprint density at radius 2 is 1.83 bits per heavy atom. The maximum Gasteiger partial charge on any atom is 0.233 e. The number of hydrogen-bond acceptors (Lipinski definition) is 5.